The Hall–Kier alpha value is -2.54. The molecule has 28 heavy (non-hydrogen) atoms. The highest BCUT2D eigenvalue weighted by Crippen LogP contribution is 2.36. The van der Waals surface area contributed by atoms with Crippen molar-refractivity contribution in [2.24, 2.45) is 0 Å². The molecule has 2 aromatic rings. The first-order valence-electron chi connectivity index (χ1n) is 9.98. The lowest BCUT2D eigenvalue weighted by atomic mass is 9.97. The fourth-order valence-electron chi connectivity index (χ4n) is 4.42. The number of nitrogens with zero attached hydrogens (tertiary/aromatic N) is 5. The van der Waals surface area contributed by atoms with E-state index in [2.05, 4.69) is 20.2 Å². The van der Waals surface area contributed by atoms with Crippen molar-refractivity contribution >= 4 is 11.7 Å². The molecule has 2 bridgehead atoms. The van der Waals surface area contributed by atoms with Gasteiger partial charge in [-0.2, -0.15) is 0 Å². The van der Waals surface area contributed by atoms with Crippen molar-refractivity contribution < 1.29 is 4.79 Å². The van der Waals surface area contributed by atoms with E-state index in [9.17, 15) is 4.79 Å². The van der Waals surface area contributed by atoms with Gasteiger partial charge in [0.05, 0.1) is 6.54 Å². The first-order chi connectivity index (χ1) is 13.5. The number of rotatable bonds is 5. The van der Waals surface area contributed by atoms with Gasteiger partial charge in [-0.1, -0.05) is 0 Å². The lowest BCUT2D eigenvalue weighted by molar-refractivity contribution is -0.131. The molecular formula is C21H28N6O. The summed E-state index contributed by atoms with van der Waals surface area (Å²) < 4.78 is 0. The van der Waals surface area contributed by atoms with Crippen LogP contribution in [0.4, 0.5) is 5.82 Å². The number of piperidine rings is 1. The van der Waals surface area contributed by atoms with Gasteiger partial charge in [-0.15, -0.1) is 0 Å². The van der Waals surface area contributed by atoms with Crippen LogP contribution in [0.1, 0.15) is 31.4 Å². The first-order valence-corrected chi connectivity index (χ1v) is 9.98. The van der Waals surface area contributed by atoms with E-state index in [0.717, 1.165) is 29.9 Å². The van der Waals surface area contributed by atoms with Crippen molar-refractivity contribution in [3.8, 4) is 11.4 Å². The van der Waals surface area contributed by atoms with Crippen LogP contribution in [0.25, 0.3) is 11.4 Å². The van der Waals surface area contributed by atoms with Crippen molar-refractivity contribution in [2.45, 2.75) is 50.7 Å². The van der Waals surface area contributed by atoms with Crippen LogP contribution in [0.5, 0.6) is 0 Å². The number of hydrogen-bond donors (Lipinski definition) is 1. The Bertz CT molecular complexity index is 826. The van der Waals surface area contributed by atoms with Gasteiger partial charge < -0.3 is 10.2 Å². The molecule has 2 saturated heterocycles. The molecule has 2 atom stereocenters. The van der Waals surface area contributed by atoms with Crippen LogP contribution in [-0.4, -0.2) is 69.4 Å². The first kappa shape index (κ1) is 18.8. The fourth-order valence-corrected chi connectivity index (χ4v) is 4.42. The van der Waals surface area contributed by atoms with E-state index in [0.29, 0.717) is 30.5 Å². The molecule has 0 aliphatic carbocycles. The van der Waals surface area contributed by atoms with E-state index in [1.54, 1.807) is 17.3 Å². The van der Waals surface area contributed by atoms with Crippen LogP contribution in [0.15, 0.2) is 30.6 Å². The highest BCUT2D eigenvalue weighted by molar-refractivity contribution is 5.77. The molecule has 0 spiro atoms. The Morgan fingerprint density at radius 2 is 2.00 bits per heavy atom. The minimum Gasteiger partial charge on any atom is -0.367 e. The number of anilines is 1. The summed E-state index contributed by atoms with van der Waals surface area (Å²) in [5.74, 6) is 1.76. The predicted molar refractivity (Wildman–Crippen MR) is 109 cm³/mol. The van der Waals surface area contributed by atoms with E-state index in [1.165, 1.54) is 12.8 Å². The Kier molecular flexibility index (Phi) is 5.26. The molecule has 1 amide bonds. The minimum atomic E-state index is 0.191. The molecule has 0 radical (unpaired) electrons. The number of nitrogens with one attached hydrogen (secondary N) is 1. The Balaban J connectivity index is 1.45. The second-order valence-electron chi connectivity index (χ2n) is 8.12. The summed E-state index contributed by atoms with van der Waals surface area (Å²) in [6.07, 6.45) is 7.98. The average Bonchev–Trinajstić information content (AvgIpc) is 2.90. The van der Waals surface area contributed by atoms with Crippen LogP contribution in [-0.2, 0) is 4.79 Å². The number of hydrogen-bond acceptors (Lipinski definition) is 6. The standard InChI is InChI=1S/C21H28N6O/c1-14-9-19(25-21(23-14)15-5-4-8-22-12-15)24-16-10-17-6-7-18(11-16)27(17)13-20(28)26(2)3/h4-5,8-9,12,16-18H,6-7,10-11,13H2,1-3H3,(H,23,24,25). The van der Waals surface area contributed by atoms with Crippen LogP contribution in [0.3, 0.4) is 0 Å². The topological polar surface area (TPSA) is 74.2 Å². The molecule has 2 fully saturated rings. The number of pyridine rings is 1. The molecule has 1 N–H and O–H groups in total. The zero-order chi connectivity index (χ0) is 19.7. The smallest absolute Gasteiger partial charge is 0.236 e. The number of aromatic nitrogens is 3. The van der Waals surface area contributed by atoms with Gasteiger partial charge in [-0.25, -0.2) is 9.97 Å². The third-order valence-corrected chi connectivity index (χ3v) is 5.83. The maximum atomic E-state index is 12.2. The largest absolute Gasteiger partial charge is 0.367 e. The second kappa shape index (κ2) is 7.83. The SMILES string of the molecule is Cc1cc(NC2CC3CCC(C2)N3CC(=O)N(C)C)nc(-c2cccnc2)n1. The Labute approximate surface area is 166 Å². The maximum absolute atomic E-state index is 12.2. The molecule has 7 nitrogen and oxygen atoms in total. The number of carbonyl (C=O) groups is 1. The van der Waals surface area contributed by atoms with Gasteiger partial charge in [-0.3, -0.25) is 14.7 Å². The highest BCUT2D eigenvalue weighted by atomic mass is 16.2. The van der Waals surface area contributed by atoms with Gasteiger partial charge in [-0.05, 0) is 44.7 Å². The van der Waals surface area contributed by atoms with Gasteiger partial charge in [0.25, 0.3) is 0 Å². The summed E-state index contributed by atoms with van der Waals surface area (Å²) >= 11 is 0. The van der Waals surface area contributed by atoms with Crippen LogP contribution < -0.4 is 5.32 Å². The summed E-state index contributed by atoms with van der Waals surface area (Å²) in [5.41, 5.74) is 1.86. The fraction of sp³-hybridized carbons (Fsp3) is 0.524. The molecule has 0 aromatic carbocycles. The van der Waals surface area contributed by atoms with E-state index >= 15 is 0 Å². The molecular weight excluding hydrogens is 352 g/mol. The highest BCUT2D eigenvalue weighted by Gasteiger charge is 2.41. The van der Waals surface area contributed by atoms with Crippen LogP contribution in [0, 0.1) is 6.92 Å². The predicted octanol–water partition coefficient (Wildman–Crippen LogP) is 2.34. The summed E-state index contributed by atoms with van der Waals surface area (Å²) in [7, 11) is 3.66. The Morgan fingerprint density at radius 1 is 1.25 bits per heavy atom. The summed E-state index contributed by atoms with van der Waals surface area (Å²) in [4.78, 5) is 29.7. The summed E-state index contributed by atoms with van der Waals surface area (Å²) in [6.45, 7) is 2.53. The van der Waals surface area contributed by atoms with Crippen LogP contribution >= 0.6 is 0 Å². The van der Waals surface area contributed by atoms with Crippen molar-refractivity contribution in [2.75, 3.05) is 26.0 Å². The lowest BCUT2D eigenvalue weighted by Gasteiger charge is -2.39. The maximum Gasteiger partial charge on any atom is 0.236 e. The quantitative estimate of drug-likeness (QED) is 0.858. The average molecular weight is 380 g/mol. The monoisotopic (exact) mass is 380 g/mol. The molecule has 2 aliphatic heterocycles. The van der Waals surface area contributed by atoms with E-state index in [1.807, 2.05) is 39.2 Å². The van der Waals surface area contributed by atoms with E-state index < -0.39 is 0 Å². The van der Waals surface area contributed by atoms with Crippen molar-refractivity contribution in [3.05, 3.63) is 36.3 Å². The molecule has 2 aromatic heterocycles. The molecule has 148 valence electrons. The van der Waals surface area contributed by atoms with Gasteiger partial charge in [0.15, 0.2) is 5.82 Å². The molecule has 2 unspecified atom stereocenters. The van der Waals surface area contributed by atoms with Gasteiger partial charge in [0, 0.05) is 61.9 Å². The summed E-state index contributed by atoms with van der Waals surface area (Å²) in [5, 5.41) is 3.64. The molecule has 4 heterocycles. The van der Waals surface area contributed by atoms with E-state index in [4.69, 9.17) is 4.98 Å². The van der Waals surface area contributed by atoms with Gasteiger partial charge >= 0.3 is 0 Å². The molecule has 0 saturated carbocycles. The third-order valence-electron chi connectivity index (χ3n) is 5.83. The van der Waals surface area contributed by atoms with Crippen LogP contribution in [0.2, 0.25) is 0 Å². The lowest BCUT2D eigenvalue weighted by Crippen LogP contribution is -2.50. The number of likely N-dealkylation sites (N-methyl/N-ethyl adjacent to an activating group) is 1. The number of aryl methyl sites for hydroxylation is 1. The van der Waals surface area contributed by atoms with Crippen molar-refractivity contribution in [1.82, 2.24) is 24.8 Å². The number of fused-ring (bicyclic) bond motifs is 2. The third kappa shape index (κ3) is 3.99. The second-order valence-corrected chi connectivity index (χ2v) is 8.12. The van der Waals surface area contributed by atoms with Crippen molar-refractivity contribution in [3.63, 3.8) is 0 Å². The zero-order valence-corrected chi connectivity index (χ0v) is 16.8. The van der Waals surface area contributed by atoms with Gasteiger partial charge in [0.1, 0.15) is 5.82 Å². The van der Waals surface area contributed by atoms with Gasteiger partial charge in [0.2, 0.25) is 5.91 Å². The van der Waals surface area contributed by atoms with Crippen molar-refractivity contribution in [1.29, 1.82) is 0 Å². The normalized spacial score (nSPS) is 24.2. The minimum absolute atomic E-state index is 0.191. The number of amides is 1. The van der Waals surface area contributed by atoms with E-state index in [-0.39, 0.29) is 5.91 Å². The number of carbonyl (C=O) groups excluding carboxylic acids is 1. The molecule has 2 aliphatic rings. The molecule has 7 heteroatoms. The summed E-state index contributed by atoms with van der Waals surface area (Å²) in [6, 6.07) is 7.20. The Morgan fingerprint density at radius 3 is 2.64 bits per heavy atom. The molecule has 4 rings (SSSR count). The zero-order valence-electron chi connectivity index (χ0n) is 16.8.